The summed E-state index contributed by atoms with van der Waals surface area (Å²) >= 11 is 0. The van der Waals surface area contributed by atoms with Gasteiger partial charge in [-0.1, -0.05) is 33.6 Å². The van der Waals surface area contributed by atoms with Gasteiger partial charge in [-0.05, 0) is 31.1 Å². The van der Waals surface area contributed by atoms with Crippen LogP contribution in [0.1, 0.15) is 59.3 Å². The van der Waals surface area contributed by atoms with E-state index < -0.39 is 0 Å². The molecule has 1 aliphatic carbocycles. The lowest BCUT2D eigenvalue weighted by atomic mass is 9.70. The van der Waals surface area contributed by atoms with Gasteiger partial charge >= 0.3 is 0 Å². The molecule has 13 heavy (non-hydrogen) atoms. The number of nitrogens with one attached hydrogen (secondary N) is 1. The molecule has 1 aliphatic rings. The molecule has 78 valence electrons. The standard InChI is InChI=1S/C12H25N/c1-4-7-11(5-2)13-10-12(3)8-6-9-12/h11,13H,4-10H2,1-3H3. The summed E-state index contributed by atoms with van der Waals surface area (Å²) in [6.07, 6.45) is 8.24. The highest BCUT2D eigenvalue weighted by atomic mass is 14.9. The first kappa shape index (κ1) is 11.0. The highest BCUT2D eigenvalue weighted by Crippen LogP contribution is 2.39. The molecule has 1 unspecified atom stereocenters. The molecule has 0 aromatic rings. The molecule has 1 rings (SSSR count). The van der Waals surface area contributed by atoms with Crippen molar-refractivity contribution in [1.82, 2.24) is 5.32 Å². The second-order valence-corrected chi connectivity index (χ2v) is 4.94. The summed E-state index contributed by atoms with van der Waals surface area (Å²) in [5.41, 5.74) is 0.640. The minimum atomic E-state index is 0.640. The van der Waals surface area contributed by atoms with Gasteiger partial charge in [0.15, 0.2) is 0 Å². The second kappa shape index (κ2) is 4.99. The quantitative estimate of drug-likeness (QED) is 0.666. The van der Waals surface area contributed by atoms with Crippen LogP contribution >= 0.6 is 0 Å². The van der Waals surface area contributed by atoms with Gasteiger partial charge in [0, 0.05) is 12.6 Å². The Morgan fingerprint density at radius 3 is 2.38 bits per heavy atom. The Hall–Kier alpha value is -0.0400. The number of rotatable bonds is 6. The van der Waals surface area contributed by atoms with Gasteiger partial charge in [0.05, 0.1) is 0 Å². The maximum Gasteiger partial charge on any atom is 0.00645 e. The van der Waals surface area contributed by atoms with Crippen LogP contribution in [0.5, 0.6) is 0 Å². The summed E-state index contributed by atoms with van der Waals surface area (Å²) in [5.74, 6) is 0. The largest absolute Gasteiger partial charge is 0.313 e. The Kier molecular flexibility index (Phi) is 4.24. The normalized spacial score (nSPS) is 22.4. The van der Waals surface area contributed by atoms with Crippen LogP contribution in [0, 0.1) is 5.41 Å². The molecule has 0 heterocycles. The lowest BCUT2D eigenvalue weighted by Crippen LogP contribution is -2.41. The highest BCUT2D eigenvalue weighted by molar-refractivity contribution is 4.86. The summed E-state index contributed by atoms with van der Waals surface area (Å²) in [4.78, 5) is 0. The fraction of sp³-hybridized carbons (Fsp3) is 1.00. The Balaban J connectivity index is 2.15. The third kappa shape index (κ3) is 3.30. The predicted molar refractivity (Wildman–Crippen MR) is 58.9 cm³/mol. The van der Waals surface area contributed by atoms with Crippen molar-refractivity contribution in [3.63, 3.8) is 0 Å². The highest BCUT2D eigenvalue weighted by Gasteiger charge is 2.31. The van der Waals surface area contributed by atoms with Crippen molar-refractivity contribution in [3.8, 4) is 0 Å². The number of hydrogen-bond acceptors (Lipinski definition) is 1. The van der Waals surface area contributed by atoms with Crippen molar-refractivity contribution in [2.75, 3.05) is 6.54 Å². The van der Waals surface area contributed by atoms with E-state index in [1.54, 1.807) is 0 Å². The van der Waals surface area contributed by atoms with Crippen molar-refractivity contribution < 1.29 is 0 Å². The molecule has 0 aliphatic heterocycles. The zero-order valence-corrected chi connectivity index (χ0v) is 9.53. The van der Waals surface area contributed by atoms with Crippen LogP contribution in [-0.2, 0) is 0 Å². The van der Waals surface area contributed by atoms with Gasteiger partial charge in [-0.2, -0.15) is 0 Å². The van der Waals surface area contributed by atoms with Crippen LogP contribution in [0.15, 0.2) is 0 Å². The van der Waals surface area contributed by atoms with Crippen molar-refractivity contribution in [1.29, 1.82) is 0 Å². The number of hydrogen-bond donors (Lipinski definition) is 1. The smallest absolute Gasteiger partial charge is 0.00645 e. The van der Waals surface area contributed by atoms with E-state index >= 15 is 0 Å². The van der Waals surface area contributed by atoms with Gasteiger partial charge in [-0.25, -0.2) is 0 Å². The molecular weight excluding hydrogens is 158 g/mol. The Labute approximate surface area is 83.3 Å². The fourth-order valence-electron chi connectivity index (χ4n) is 2.15. The lowest BCUT2D eigenvalue weighted by molar-refractivity contribution is 0.149. The van der Waals surface area contributed by atoms with Crippen molar-refractivity contribution in [3.05, 3.63) is 0 Å². The minimum absolute atomic E-state index is 0.640. The first-order valence-corrected chi connectivity index (χ1v) is 5.93. The average molecular weight is 183 g/mol. The Morgan fingerprint density at radius 1 is 1.31 bits per heavy atom. The predicted octanol–water partition coefficient (Wildman–Crippen LogP) is 3.34. The van der Waals surface area contributed by atoms with Gasteiger partial charge in [0.2, 0.25) is 0 Å². The van der Waals surface area contributed by atoms with E-state index in [0.29, 0.717) is 5.41 Å². The van der Waals surface area contributed by atoms with E-state index in [0.717, 1.165) is 6.04 Å². The summed E-state index contributed by atoms with van der Waals surface area (Å²) in [6, 6.07) is 0.766. The van der Waals surface area contributed by atoms with Gasteiger partial charge in [-0.3, -0.25) is 0 Å². The summed E-state index contributed by atoms with van der Waals surface area (Å²) < 4.78 is 0. The van der Waals surface area contributed by atoms with Gasteiger partial charge < -0.3 is 5.32 Å². The molecule has 0 bridgehead atoms. The Morgan fingerprint density at radius 2 is 2.00 bits per heavy atom. The molecule has 0 spiro atoms. The van der Waals surface area contributed by atoms with Crippen LogP contribution in [0.25, 0.3) is 0 Å². The molecule has 0 aromatic heterocycles. The van der Waals surface area contributed by atoms with Crippen molar-refractivity contribution in [2.45, 2.75) is 65.3 Å². The average Bonchev–Trinajstić information content (AvgIpc) is 2.09. The van der Waals surface area contributed by atoms with Crippen molar-refractivity contribution in [2.24, 2.45) is 5.41 Å². The molecule has 0 radical (unpaired) electrons. The molecule has 1 saturated carbocycles. The molecular formula is C12H25N. The van der Waals surface area contributed by atoms with Gasteiger partial charge in [-0.15, -0.1) is 0 Å². The van der Waals surface area contributed by atoms with Gasteiger partial charge in [0.25, 0.3) is 0 Å². The van der Waals surface area contributed by atoms with E-state index in [9.17, 15) is 0 Å². The molecule has 1 nitrogen and oxygen atoms in total. The maximum absolute atomic E-state index is 3.71. The van der Waals surface area contributed by atoms with E-state index in [4.69, 9.17) is 0 Å². The molecule has 1 atom stereocenters. The summed E-state index contributed by atoms with van der Waals surface area (Å²) in [6.45, 7) is 8.22. The van der Waals surface area contributed by atoms with E-state index in [1.807, 2.05) is 0 Å². The first-order valence-electron chi connectivity index (χ1n) is 5.93. The molecule has 1 fully saturated rings. The Bertz CT molecular complexity index is 138. The van der Waals surface area contributed by atoms with Crippen molar-refractivity contribution >= 4 is 0 Å². The third-order valence-electron chi connectivity index (χ3n) is 3.51. The lowest BCUT2D eigenvalue weighted by Gasteiger charge is -2.39. The second-order valence-electron chi connectivity index (χ2n) is 4.94. The first-order chi connectivity index (χ1) is 6.20. The maximum atomic E-state index is 3.71. The van der Waals surface area contributed by atoms with E-state index in [1.165, 1.54) is 45.1 Å². The topological polar surface area (TPSA) is 12.0 Å². The molecule has 0 aromatic carbocycles. The van der Waals surface area contributed by atoms with Crippen LogP contribution in [0.4, 0.5) is 0 Å². The van der Waals surface area contributed by atoms with Crippen LogP contribution in [-0.4, -0.2) is 12.6 Å². The van der Waals surface area contributed by atoms with Crippen LogP contribution in [0.3, 0.4) is 0 Å². The molecule has 1 N–H and O–H groups in total. The summed E-state index contributed by atoms with van der Waals surface area (Å²) in [7, 11) is 0. The SMILES string of the molecule is CCCC(CC)NCC1(C)CCC1. The fourth-order valence-corrected chi connectivity index (χ4v) is 2.15. The van der Waals surface area contributed by atoms with Crippen LogP contribution < -0.4 is 5.32 Å². The monoisotopic (exact) mass is 183 g/mol. The molecule has 0 amide bonds. The van der Waals surface area contributed by atoms with Crippen LogP contribution in [0.2, 0.25) is 0 Å². The zero-order valence-electron chi connectivity index (χ0n) is 9.53. The van der Waals surface area contributed by atoms with E-state index in [-0.39, 0.29) is 0 Å². The van der Waals surface area contributed by atoms with Gasteiger partial charge in [0.1, 0.15) is 0 Å². The minimum Gasteiger partial charge on any atom is -0.313 e. The third-order valence-corrected chi connectivity index (χ3v) is 3.51. The molecule has 1 heteroatoms. The zero-order chi connectivity index (χ0) is 9.73. The molecule has 0 saturated heterocycles. The van der Waals surface area contributed by atoms with E-state index in [2.05, 4.69) is 26.1 Å². The summed E-state index contributed by atoms with van der Waals surface area (Å²) in [5, 5.41) is 3.71.